The third kappa shape index (κ3) is 4.16. The molecule has 1 aliphatic heterocycles. The molecule has 0 spiro atoms. The number of ether oxygens (including phenoxy) is 1. The van der Waals surface area contributed by atoms with Crippen molar-refractivity contribution < 1.29 is 22.4 Å². The minimum atomic E-state index is -3.03. The van der Waals surface area contributed by atoms with E-state index in [1.807, 2.05) is 6.92 Å². The molecule has 1 amide bonds. The summed E-state index contributed by atoms with van der Waals surface area (Å²) in [5.41, 5.74) is 0.752. The van der Waals surface area contributed by atoms with Crippen LogP contribution >= 0.6 is 0 Å². The summed E-state index contributed by atoms with van der Waals surface area (Å²) in [7, 11) is -3.03. The second kappa shape index (κ2) is 7.22. The molecule has 9 heteroatoms. The van der Waals surface area contributed by atoms with Gasteiger partial charge in [0, 0.05) is 18.2 Å². The number of nitrogens with zero attached hydrogens (tertiary/aromatic N) is 3. The molecule has 1 saturated heterocycles. The first-order valence-corrected chi connectivity index (χ1v) is 9.80. The van der Waals surface area contributed by atoms with Gasteiger partial charge in [-0.3, -0.25) is 4.79 Å². The molecule has 0 radical (unpaired) electrons. The third-order valence-electron chi connectivity index (χ3n) is 4.13. The maximum absolute atomic E-state index is 12.4. The van der Waals surface area contributed by atoms with Crippen LogP contribution in [0.25, 0.3) is 11.5 Å². The van der Waals surface area contributed by atoms with Gasteiger partial charge in [-0.25, -0.2) is 8.42 Å². The molecular formula is C16H19N3O5S. The number of aromatic nitrogens is 2. The van der Waals surface area contributed by atoms with Crippen LogP contribution in [-0.4, -0.2) is 60.1 Å². The van der Waals surface area contributed by atoms with E-state index >= 15 is 0 Å². The summed E-state index contributed by atoms with van der Waals surface area (Å²) in [6.45, 7) is 2.16. The van der Waals surface area contributed by atoms with E-state index in [-0.39, 0.29) is 30.1 Å². The van der Waals surface area contributed by atoms with Gasteiger partial charge in [-0.1, -0.05) is 0 Å². The van der Waals surface area contributed by atoms with Crippen molar-refractivity contribution in [1.29, 1.82) is 0 Å². The van der Waals surface area contributed by atoms with Gasteiger partial charge in [0.2, 0.25) is 12.3 Å². The van der Waals surface area contributed by atoms with Crippen molar-refractivity contribution in [2.45, 2.75) is 19.4 Å². The summed E-state index contributed by atoms with van der Waals surface area (Å²) in [4.78, 5) is 14.0. The lowest BCUT2D eigenvalue weighted by atomic mass is 10.2. The molecule has 2 aromatic rings. The van der Waals surface area contributed by atoms with Gasteiger partial charge in [-0.05, 0) is 37.6 Å². The van der Waals surface area contributed by atoms with Gasteiger partial charge in [0.25, 0.3) is 5.91 Å². The molecule has 1 aromatic heterocycles. The SMILES string of the molecule is CCN(C(=O)COc1ccc(-c2nnco2)cc1)[C@@H]1CCS(=O)(=O)C1. The maximum atomic E-state index is 12.4. The van der Waals surface area contributed by atoms with Crippen LogP contribution in [0.4, 0.5) is 0 Å². The minimum Gasteiger partial charge on any atom is -0.484 e. The first kappa shape index (κ1) is 17.4. The molecule has 0 N–H and O–H groups in total. The van der Waals surface area contributed by atoms with Crippen LogP contribution in [-0.2, 0) is 14.6 Å². The van der Waals surface area contributed by atoms with E-state index in [0.29, 0.717) is 24.6 Å². The standard InChI is InChI=1S/C16H19N3O5S/c1-2-19(13-7-8-25(21,22)10-13)15(20)9-23-14-5-3-12(4-6-14)16-18-17-11-24-16/h3-6,11,13H,2,7-10H2,1H3/t13-/m1/s1. The van der Waals surface area contributed by atoms with Gasteiger partial charge in [0.15, 0.2) is 16.4 Å². The summed E-state index contributed by atoms with van der Waals surface area (Å²) in [5, 5.41) is 7.43. The Morgan fingerprint density at radius 3 is 2.68 bits per heavy atom. The van der Waals surface area contributed by atoms with Crippen molar-refractivity contribution in [3.8, 4) is 17.2 Å². The summed E-state index contributed by atoms with van der Waals surface area (Å²) in [6, 6.07) is 6.68. The van der Waals surface area contributed by atoms with Crippen LogP contribution < -0.4 is 4.74 Å². The van der Waals surface area contributed by atoms with E-state index in [2.05, 4.69) is 10.2 Å². The van der Waals surface area contributed by atoms with Gasteiger partial charge in [-0.2, -0.15) is 0 Å². The summed E-state index contributed by atoms with van der Waals surface area (Å²) in [5.74, 6) is 0.893. The maximum Gasteiger partial charge on any atom is 0.260 e. The molecule has 25 heavy (non-hydrogen) atoms. The largest absolute Gasteiger partial charge is 0.484 e. The van der Waals surface area contributed by atoms with E-state index in [1.165, 1.54) is 6.39 Å². The third-order valence-corrected chi connectivity index (χ3v) is 5.88. The van der Waals surface area contributed by atoms with Crippen molar-refractivity contribution >= 4 is 15.7 Å². The van der Waals surface area contributed by atoms with E-state index in [0.717, 1.165) is 5.56 Å². The first-order chi connectivity index (χ1) is 12.0. The predicted molar refractivity (Wildman–Crippen MR) is 89.7 cm³/mol. The first-order valence-electron chi connectivity index (χ1n) is 7.98. The molecule has 1 fully saturated rings. The molecular weight excluding hydrogens is 346 g/mol. The summed E-state index contributed by atoms with van der Waals surface area (Å²) >= 11 is 0. The van der Waals surface area contributed by atoms with Crippen LogP contribution in [0.3, 0.4) is 0 Å². The number of amides is 1. The summed E-state index contributed by atoms with van der Waals surface area (Å²) < 4.78 is 33.8. The second-order valence-corrected chi connectivity index (χ2v) is 8.02. The molecule has 8 nitrogen and oxygen atoms in total. The van der Waals surface area contributed by atoms with Crippen LogP contribution in [0.2, 0.25) is 0 Å². The Kier molecular flexibility index (Phi) is 5.03. The molecule has 0 bridgehead atoms. The fourth-order valence-corrected chi connectivity index (χ4v) is 4.61. The Morgan fingerprint density at radius 2 is 2.12 bits per heavy atom. The van der Waals surface area contributed by atoms with Crippen LogP contribution in [0.1, 0.15) is 13.3 Å². The monoisotopic (exact) mass is 365 g/mol. The zero-order valence-corrected chi connectivity index (χ0v) is 14.6. The highest BCUT2D eigenvalue weighted by Crippen LogP contribution is 2.21. The molecule has 0 unspecified atom stereocenters. The number of carbonyl (C=O) groups is 1. The smallest absolute Gasteiger partial charge is 0.260 e. The highest BCUT2D eigenvalue weighted by molar-refractivity contribution is 7.91. The fraction of sp³-hybridized carbons (Fsp3) is 0.438. The van der Waals surface area contributed by atoms with Crippen LogP contribution in [0, 0.1) is 0 Å². The molecule has 2 heterocycles. The Morgan fingerprint density at radius 1 is 1.36 bits per heavy atom. The van der Waals surface area contributed by atoms with Crippen molar-refractivity contribution in [2.24, 2.45) is 0 Å². The van der Waals surface area contributed by atoms with E-state index in [1.54, 1.807) is 29.2 Å². The number of hydrogen-bond donors (Lipinski definition) is 0. The lowest BCUT2D eigenvalue weighted by Crippen LogP contribution is -2.43. The predicted octanol–water partition coefficient (Wildman–Crippen LogP) is 1.15. The summed E-state index contributed by atoms with van der Waals surface area (Å²) in [6.07, 6.45) is 1.74. The normalized spacial score (nSPS) is 18.8. The van der Waals surface area contributed by atoms with Crippen molar-refractivity contribution in [1.82, 2.24) is 15.1 Å². The quantitative estimate of drug-likeness (QED) is 0.756. The zero-order valence-electron chi connectivity index (χ0n) is 13.8. The topological polar surface area (TPSA) is 103 Å². The van der Waals surface area contributed by atoms with E-state index < -0.39 is 9.84 Å². The highest BCUT2D eigenvalue weighted by atomic mass is 32.2. The number of sulfone groups is 1. The van der Waals surface area contributed by atoms with Gasteiger partial charge in [0.05, 0.1) is 11.5 Å². The van der Waals surface area contributed by atoms with Crippen molar-refractivity contribution in [2.75, 3.05) is 24.7 Å². The van der Waals surface area contributed by atoms with Gasteiger partial charge in [-0.15, -0.1) is 10.2 Å². The van der Waals surface area contributed by atoms with Gasteiger partial charge < -0.3 is 14.1 Å². The molecule has 134 valence electrons. The lowest BCUT2D eigenvalue weighted by molar-refractivity contribution is -0.135. The average molecular weight is 365 g/mol. The van der Waals surface area contributed by atoms with Crippen molar-refractivity contribution in [3.63, 3.8) is 0 Å². The van der Waals surface area contributed by atoms with Crippen LogP contribution in [0.5, 0.6) is 5.75 Å². The van der Waals surface area contributed by atoms with Crippen LogP contribution in [0.15, 0.2) is 35.1 Å². The number of likely N-dealkylation sites (N-methyl/N-ethyl adjacent to an activating group) is 1. The van der Waals surface area contributed by atoms with Crippen molar-refractivity contribution in [3.05, 3.63) is 30.7 Å². The molecule has 1 atom stereocenters. The molecule has 1 aliphatic rings. The minimum absolute atomic E-state index is 0.0332. The van der Waals surface area contributed by atoms with E-state index in [4.69, 9.17) is 9.15 Å². The van der Waals surface area contributed by atoms with Gasteiger partial charge in [0.1, 0.15) is 5.75 Å². The molecule has 0 saturated carbocycles. The fourth-order valence-electron chi connectivity index (χ4n) is 2.88. The number of benzene rings is 1. The highest BCUT2D eigenvalue weighted by Gasteiger charge is 2.33. The molecule has 0 aliphatic carbocycles. The zero-order chi connectivity index (χ0) is 17.9. The Labute approximate surface area is 145 Å². The average Bonchev–Trinajstić information content (AvgIpc) is 3.24. The second-order valence-electron chi connectivity index (χ2n) is 5.79. The Bertz CT molecular complexity index is 818. The lowest BCUT2D eigenvalue weighted by Gasteiger charge is -2.26. The number of carbonyl (C=O) groups excluding carboxylic acids is 1. The van der Waals surface area contributed by atoms with E-state index in [9.17, 15) is 13.2 Å². The Hall–Kier alpha value is -2.42. The Balaban J connectivity index is 1.58. The number of rotatable bonds is 6. The van der Waals surface area contributed by atoms with Gasteiger partial charge >= 0.3 is 0 Å². The number of hydrogen-bond acceptors (Lipinski definition) is 7. The molecule has 1 aromatic carbocycles. The molecule has 3 rings (SSSR count).